The largest absolute Gasteiger partial charge is 0.497 e. The number of halogens is 1. The van der Waals surface area contributed by atoms with E-state index in [2.05, 4.69) is 9.88 Å². The molecule has 1 aliphatic heterocycles. The number of hydrogen-bond acceptors (Lipinski definition) is 5. The van der Waals surface area contributed by atoms with E-state index in [4.69, 9.17) is 21.1 Å². The van der Waals surface area contributed by atoms with Crippen LogP contribution in [0, 0.1) is 0 Å². The molecule has 1 fully saturated rings. The first kappa shape index (κ1) is 17.4. The molecule has 3 rings (SSSR count). The molecule has 25 heavy (non-hydrogen) atoms. The molecule has 2 heterocycles. The normalized spacial score (nSPS) is 16.8. The summed E-state index contributed by atoms with van der Waals surface area (Å²) >= 11 is 5.90. The number of carbonyl (C=O) groups is 1. The summed E-state index contributed by atoms with van der Waals surface area (Å²) in [5.74, 6) is 1.34. The minimum atomic E-state index is -1.13. The molecule has 1 aromatic carbocycles. The number of rotatable bonds is 5. The third-order valence-electron chi connectivity index (χ3n) is 4.42. The van der Waals surface area contributed by atoms with Crippen LogP contribution in [-0.2, 0) is 0 Å². The van der Waals surface area contributed by atoms with E-state index in [-0.39, 0.29) is 16.6 Å². The molecule has 0 radical (unpaired) electrons. The Hall–Kier alpha value is -2.47. The van der Waals surface area contributed by atoms with E-state index in [9.17, 15) is 9.90 Å². The molecule has 1 aromatic heterocycles. The third kappa shape index (κ3) is 3.49. The summed E-state index contributed by atoms with van der Waals surface area (Å²) in [6, 6.07) is 9.09. The van der Waals surface area contributed by atoms with Crippen LogP contribution in [0.25, 0.3) is 0 Å². The molecule has 132 valence electrons. The van der Waals surface area contributed by atoms with E-state index in [1.54, 1.807) is 26.4 Å². The fraction of sp³-hybridized carbons (Fsp3) is 0.333. The minimum Gasteiger partial charge on any atom is -0.497 e. The van der Waals surface area contributed by atoms with Crippen molar-refractivity contribution in [1.82, 2.24) is 4.98 Å². The second-order valence-electron chi connectivity index (χ2n) is 5.84. The van der Waals surface area contributed by atoms with Gasteiger partial charge in [0.25, 0.3) is 0 Å². The Morgan fingerprint density at radius 1 is 1.28 bits per heavy atom. The second kappa shape index (κ2) is 7.19. The van der Waals surface area contributed by atoms with Crippen molar-refractivity contribution in [3.63, 3.8) is 0 Å². The van der Waals surface area contributed by atoms with E-state index in [0.717, 1.165) is 36.6 Å². The molecule has 1 N–H and O–H groups in total. The van der Waals surface area contributed by atoms with Crippen LogP contribution < -0.4 is 14.4 Å². The van der Waals surface area contributed by atoms with Gasteiger partial charge in [0.05, 0.1) is 19.2 Å². The van der Waals surface area contributed by atoms with Crippen molar-refractivity contribution >= 4 is 23.4 Å². The van der Waals surface area contributed by atoms with E-state index >= 15 is 0 Å². The van der Waals surface area contributed by atoms with Gasteiger partial charge in [0.15, 0.2) is 5.69 Å². The topological polar surface area (TPSA) is 71.9 Å². The Labute approximate surface area is 151 Å². The predicted molar refractivity (Wildman–Crippen MR) is 95.3 cm³/mol. The molecule has 1 saturated heterocycles. The molecule has 1 unspecified atom stereocenters. The van der Waals surface area contributed by atoms with Gasteiger partial charge in [-0.3, -0.25) is 0 Å². The highest BCUT2D eigenvalue weighted by molar-refractivity contribution is 6.33. The van der Waals surface area contributed by atoms with Gasteiger partial charge in [-0.1, -0.05) is 11.6 Å². The molecule has 6 nitrogen and oxygen atoms in total. The highest BCUT2D eigenvalue weighted by Crippen LogP contribution is 2.37. The molecule has 1 atom stereocenters. The van der Waals surface area contributed by atoms with Gasteiger partial charge >= 0.3 is 5.97 Å². The highest BCUT2D eigenvalue weighted by Gasteiger charge is 2.28. The van der Waals surface area contributed by atoms with Crippen LogP contribution in [0.15, 0.2) is 30.3 Å². The lowest BCUT2D eigenvalue weighted by Gasteiger charge is -2.19. The number of aromatic carboxylic acids is 1. The smallest absolute Gasteiger partial charge is 0.356 e. The Morgan fingerprint density at radius 2 is 2.08 bits per heavy atom. The number of pyridine rings is 1. The first-order valence-corrected chi connectivity index (χ1v) is 8.28. The summed E-state index contributed by atoms with van der Waals surface area (Å²) in [5, 5.41) is 9.33. The van der Waals surface area contributed by atoms with Crippen molar-refractivity contribution in [2.75, 3.05) is 32.2 Å². The van der Waals surface area contributed by atoms with Gasteiger partial charge in [-0.2, -0.15) is 0 Å². The molecule has 0 aliphatic carbocycles. The summed E-state index contributed by atoms with van der Waals surface area (Å²) in [6.45, 7) is 1.50. The van der Waals surface area contributed by atoms with Gasteiger partial charge in [0.2, 0.25) is 0 Å². The second-order valence-corrected chi connectivity index (χ2v) is 6.25. The van der Waals surface area contributed by atoms with Crippen molar-refractivity contribution in [2.45, 2.75) is 12.3 Å². The first-order valence-electron chi connectivity index (χ1n) is 7.90. The van der Waals surface area contributed by atoms with Crippen LogP contribution in [0.1, 0.15) is 28.4 Å². The van der Waals surface area contributed by atoms with Crippen LogP contribution >= 0.6 is 11.6 Å². The maximum absolute atomic E-state index is 11.2. The fourth-order valence-corrected chi connectivity index (χ4v) is 3.32. The zero-order valence-electron chi connectivity index (χ0n) is 14.0. The van der Waals surface area contributed by atoms with Gasteiger partial charge in [-0.05, 0) is 36.8 Å². The number of methoxy groups -OCH3 is 2. The molecule has 1 aliphatic rings. The van der Waals surface area contributed by atoms with Gasteiger partial charge in [-0.15, -0.1) is 0 Å². The van der Waals surface area contributed by atoms with Crippen molar-refractivity contribution in [3.8, 4) is 11.5 Å². The summed E-state index contributed by atoms with van der Waals surface area (Å²) in [5.41, 5.74) is 0.957. The molecule has 0 bridgehead atoms. The van der Waals surface area contributed by atoms with Crippen LogP contribution in [0.5, 0.6) is 11.5 Å². The number of benzene rings is 1. The lowest BCUT2D eigenvalue weighted by Crippen LogP contribution is -2.21. The van der Waals surface area contributed by atoms with Gasteiger partial charge < -0.3 is 19.5 Å². The van der Waals surface area contributed by atoms with E-state index in [0.29, 0.717) is 5.82 Å². The lowest BCUT2D eigenvalue weighted by molar-refractivity contribution is 0.0691. The Balaban J connectivity index is 1.85. The zero-order valence-corrected chi connectivity index (χ0v) is 14.8. The fourth-order valence-electron chi connectivity index (χ4n) is 3.14. The summed E-state index contributed by atoms with van der Waals surface area (Å²) in [7, 11) is 3.29. The van der Waals surface area contributed by atoms with E-state index in [1.165, 1.54) is 0 Å². The predicted octanol–water partition coefficient (Wildman–Crippen LogP) is 3.44. The number of nitrogens with zero attached hydrogens (tertiary/aromatic N) is 2. The van der Waals surface area contributed by atoms with Crippen molar-refractivity contribution in [3.05, 3.63) is 46.6 Å². The minimum absolute atomic E-state index is 0.124. The quantitative estimate of drug-likeness (QED) is 0.878. The number of anilines is 1. The van der Waals surface area contributed by atoms with Crippen molar-refractivity contribution < 1.29 is 19.4 Å². The van der Waals surface area contributed by atoms with Gasteiger partial charge in [-0.25, -0.2) is 9.78 Å². The number of ether oxygens (including phenoxy) is 2. The maximum Gasteiger partial charge on any atom is 0.356 e. The summed E-state index contributed by atoms with van der Waals surface area (Å²) in [6.07, 6.45) is 0.913. The lowest BCUT2D eigenvalue weighted by atomic mass is 9.97. The first-order chi connectivity index (χ1) is 12.0. The molecule has 7 heteroatoms. The standard InChI is InChI=1S/C18H19ClN2O4/c1-24-12-3-5-15(25-2)13(9-12)11-7-8-21(10-11)16-6-4-14(19)17(20-16)18(22)23/h3-6,9,11H,7-8,10H2,1-2H3,(H,22,23). The Bertz CT molecular complexity index is 797. The van der Waals surface area contributed by atoms with E-state index in [1.807, 2.05) is 18.2 Å². The summed E-state index contributed by atoms with van der Waals surface area (Å²) < 4.78 is 10.8. The molecular weight excluding hydrogens is 344 g/mol. The Kier molecular flexibility index (Phi) is 4.99. The molecular formula is C18H19ClN2O4. The van der Waals surface area contributed by atoms with E-state index < -0.39 is 5.97 Å². The average Bonchev–Trinajstić information content (AvgIpc) is 3.11. The SMILES string of the molecule is COc1ccc(OC)c(C2CCN(c3ccc(Cl)c(C(=O)O)n3)C2)c1. The molecule has 0 amide bonds. The molecule has 0 spiro atoms. The summed E-state index contributed by atoms with van der Waals surface area (Å²) in [4.78, 5) is 17.5. The number of aromatic nitrogens is 1. The van der Waals surface area contributed by atoms with Crippen LogP contribution in [-0.4, -0.2) is 43.4 Å². The number of carboxylic acids is 1. The van der Waals surface area contributed by atoms with Crippen LogP contribution in [0.2, 0.25) is 5.02 Å². The molecule has 2 aromatic rings. The van der Waals surface area contributed by atoms with Crippen molar-refractivity contribution in [2.24, 2.45) is 0 Å². The van der Waals surface area contributed by atoms with Crippen LogP contribution in [0.3, 0.4) is 0 Å². The number of carboxylic acid groups (broad SMARTS) is 1. The third-order valence-corrected chi connectivity index (χ3v) is 4.73. The zero-order chi connectivity index (χ0) is 18.0. The monoisotopic (exact) mass is 362 g/mol. The number of hydrogen-bond donors (Lipinski definition) is 1. The van der Waals surface area contributed by atoms with Crippen molar-refractivity contribution in [1.29, 1.82) is 0 Å². The van der Waals surface area contributed by atoms with Gasteiger partial charge in [0, 0.05) is 24.6 Å². The average molecular weight is 363 g/mol. The molecule has 0 saturated carbocycles. The highest BCUT2D eigenvalue weighted by atomic mass is 35.5. The Morgan fingerprint density at radius 3 is 2.76 bits per heavy atom. The van der Waals surface area contributed by atoms with Crippen LogP contribution in [0.4, 0.5) is 5.82 Å². The maximum atomic E-state index is 11.2. The van der Waals surface area contributed by atoms with Gasteiger partial charge in [0.1, 0.15) is 17.3 Å².